The second-order valence-corrected chi connectivity index (χ2v) is 4.20. The van der Waals surface area contributed by atoms with Crippen LogP contribution in [0.1, 0.15) is 40.0 Å². The summed E-state index contributed by atoms with van der Waals surface area (Å²) < 4.78 is 44.6. The van der Waals surface area contributed by atoms with Gasteiger partial charge in [0.05, 0.1) is 0 Å². The molecule has 1 aromatic rings. The van der Waals surface area contributed by atoms with Crippen molar-refractivity contribution in [1.29, 1.82) is 0 Å². The molecular weight excluding hydrogens is 234 g/mol. The second kappa shape index (κ2) is 7.57. The number of hydrogen-bond acceptors (Lipinski definition) is 2. The molecule has 2 nitrogen and oxygen atoms in total. The van der Waals surface area contributed by atoms with Crippen molar-refractivity contribution in [3.05, 3.63) is 29.8 Å². The van der Waals surface area contributed by atoms with Gasteiger partial charge in [-0.3, -0.25) is 0 Å². The molecule has 3 heteroatoms. The van der Waals surface area contributed by atoms with Gasteiger partial charge < -0.3 is 10.0 Å². The van der Waals surface area contributed by atoms with E-state index in [0.717, 1.165) is 12.0 Å². The Labute approximate surface area is 119 Å². The Bertz CT molecular complexity index is 477. The van der Waals surface area contributed by atoms with Gasteiger partial charge >= 0.3 is 0 Å². The summed E-state index contributed by atoms with van der Waals surface area (Å²) in [5, 5.41) is 9.59. The standard InChI is InChI=1S/C14H23NO.ClH/c1-5-14(11(2)10-15(3)4)12-7-6-8-13(16)9-12;/h6-9,11,14,16H,5,10H2,1-4H3;1H/t11-,14+;/m1./s1/i3D3,4D3;. The molecule has 0 saturated heterocycles. The smallest absolute Gasteiger partial charge is 0.115 e. The molecule has 0 radical (unpaired) electrons. The number of phenolic OH excluding ortho intramolecular Hbond substituents is 1. The normalized spacial score (nSPS) is 20.9. The fraction of sp³-hybridized carbons (Fsp3) is 0.571. The van der Waals surface area contributed by atoms with E-state index in [9.17, 15) is 5.11 Å². The lowest BCUT2D eigenvalue weighted by Crippen LogP contribution is -2.24. The molecule has 0 aliphatic rings. The summed E-state index contributed by atoms with van der Waals surface area (Å²) in [5.74, 6) is -0.0707. The Hall–Kier alpha value is -0.730. The van der Waals surface area contributed by atoms with E-state index in [4.69, 9.17) is 8.22 Å². The van der Waals surface area contributed by atoms with Gasteiger partial charge in [-0.15, -0.1) is 12.4 Å². The van der Waals surface area contributed by atoms with Crippen molar-refractivity contribution in [2.45, 2.75) is 26.2 Å². The van der Waals surface area contributed by atoms with Crippen LogP contribution < -0.4 is 0 Å². The summed E-state index contributed by atoms with van der Waals surface area (Å²) >= 11 is 0. The van der Waals surface area contributed by atoms with E-state index in [-0.39, 0.29) is 36.5 Å². The third-order valence-electron chi connectivity index (χ3n) is 2.90. The van der Waals surface area contributed by atoms with E-state index in [1.807, 2.05) is 19.9 Å². The molecule has 2 atom stereocenters. The van der Waals surface area contributed by atoms with E-state index in [1.54, 1.807) is 18.2 Å². The van der Waals surface area contributed by atoms with E-state index in [2.05, 4.69) is 0 Å². The van der Waals surface area contributed by atoms with Gasteiger partial charge in [-0.1, -0.05) is 26.0 Å². The minimum absolute atomic E-state index is 0. The molecule has 0 aliphatic carbocycles. The SMILES string of the molecule is Cl.[2H]C([2H])([2H])N(C[C@@H](C)[C@H](CC)c1cccc(O)c1)C([2H])([2H])[2H]. The van der Waals surface area contributed by atoms with Crippen LogP contribution in [0.15, 0.2) is 24.3 Å². The molecule has 0 heterocycles. The van der Waals surface area contributed by atoms with Gasteiger partial charge in [0.2, 0.25) is 0 Å². The zero-order valence-electron chi connectivity index (χ0n) is 16.2. The number of halogens is 1. The number of phenols is 1. The zero-order valence-corrected chi connectivity index (χ0v) is 11.0. The Morgan fingerprint density at radius 1 is 1.41 bits per heavy atom. The largest absolute Gasteiger partial charge is 0.508 e. The van der Waals surface area contributed by atoms with Crippen LogP contribution in [0.25, 0.3) is 0 Å². The van der Waals surface area contributed by atoms with Crippen molar-refractivity contribution in [3.8, 4) is 5.75 Å². The summed E-state index contributed by atoms with van der Waals surface area (Å²) in [6.07, 6.45) is 0.723. The maximum Gasteiger partial charge on any atom is 0.115 e. The maximum atomic E-state index is 9.59. The van der Waals surface area contributed by atoms with Crippen molar-refractivity contribution in [2.75, 3.05) is 20.5 Å². The first-order valence-corrected chi connectivity index (χ1v) is 5.53. The van der Waals surface area contributed by atoms with Crippen molar-refractivity contribution < 1.29 is 13.3 Å². The van der Waals surface area contributed by atoms with Crippen molar-refractivity contribution in [3.63, 3.8) is 0 Å². The second-order valence-electron chi connectivity index (χ2n) is 4.20. The molecule has 0 unspecified atom stereocenters. The maximum absolute atomic E-state index is 9.59. The molecule has 0 amide bonds. The number of benzene rings is 1. The Balaban J connectivity index is 0.00000484. The predicted octanol–water partition coefficient (Wildman–Crippen LogP) is 3.51. The van der Waals surface area contributed by atoms with Gasteiger partial charge in [-0.05, 0) is 49.9 Å². The van der Waals surface area contributed by atoms with Crippen LogP contribution in [-0.2, 0) is 0 Å². The summed E-state index contributed by atoms with van der Waals surface area (Å²) in [6, 6.07) is 6.79. The summed E-state index contributed by atoms with van der Waals surface area (Å²) in [4.78, 5) is 0.593. The molecular formula is C14H24ClNO. The number of rotatable bonds is 5. The topological polar surface area (TPSA) is 23.5 Å². The van der Waals surface area contributed by atoms with Crippen LogP contribution in [0, 0.1) is 5.92 Å². The average molecular weight is 264 g/mol. The van der Waals surface area contributed by atoms with E-state index < -0.39 is 14.0 Å². The van der Waals surface area contributed by atoms with Crippen molar-refractivity contribution in [2.24, 2.45) is 5.92 Å². The number of nitrogens with zero attached hydrogens (tertiary/aromatic N) is 1. The van der Waals surface area contributed by atoms with Gasteiger partial charge in [-0.25, -0.2) is 0 Å². The first-order chi connectivity index (χ1) is 9.96. The van der Waals surface area contributed by atoms with Crippen molar-refractivity contribution >= 4 is 12.4 Å². The third kappa shape index (κ3) is 4.97. The quantitative estimate of drug-likeness (QED) is 0.879. The molecule has 0 bridgehead atoms. The molecule has 98 valence electrons. The molecule has 0 fully saturated rings. The van der Waals surface area contributed by atoms with Gasteiger partial charge in [-0.2, -0.15) is 0 Å². The minimum Gasteiger partial charge on any atom is -0.508 e. The number of aromatic hydroxyl groups is 1. The van der Waals surface area contributed by atoms with E-state index in [1.165, 1.54) is 0 Å². The molecule has 1 rings (SSSR count). The Morgan fingerprint density at radius 2 is 2.12 bits per heavy atom. The minimum atomic E-state index is -2.67. The summed E-state index contributed by atoms with van der Waals surface area (Å²) in [5.41, 5.74) is 0.881. The number of hydrogen-bond donors (Lipinski definition) is 1. The van der Waals surface area contributed by atoms with E-state index >= 15 is 0 Å². The summed E-state index contributed by atoms with van der Waals surface area (Å²) in [7, 11) is 0. The Morgan fingerprint density at radius 3 is 2.65 bits per heavy atom. The molecule has 0 aliphatic heterocycles. The first kappa shape index (κ1) is 8.39. The molecule has 0 saturated carbocycles. The Kier molecular flexibility index (Phi) is 3.73. The highest BCUT2D eigenvalue weighted by molar-refractivity contribution is 5.85. The van der Waals surface area contributed by atoms with Crippen molar-refractivity contribution in [1.82, 2.24) is 4.90 Å². The monoisotopic (exact) mass is 263 g/mol. The van der Waals surface area contributed by atoms with Gasteiger partial charge in [0, 0.05) is 14.8 Å². The molecule has 1 N–H and O–H groups in total. The summed E-state index contributed by atoms with van der Waals surface area (Å²) in [6.45, 7) is -1.61. The lowest BCUT2D eigenvalue weighted by atomic mass is 9.85. The lowest BCUT2D eigenvalue weighted by Gasteiger charge is -2.26. The lowest BCUT2D eigenvalue weighted by molar-refractivity contribution is 0.301. The molecule has 17 heavy (non-hydrogen) atoms. The van der Waals surface area contributed by atoms with Crippen LogP contribution >= 0.6 is 12.4 Å². The van der Waals surface area contributed by atoms with E-state index in [0.29, 0.717) is 4.90 Å². The zero-order chi connectivity index (χ0) is 17.1. The highest BCUT2D eigenvalue weighted by Crippen LogP contribution is 2.30. The fourth-order valence-electron chi connectivity index (χ4n) is 2.14. The van der Waals surface area contributed by atoms with Gasteiger partial charge in [0.1, 0.15) is 5.75 Å². The predicted molar refractivity (Wildman–Crippen MR) is 76.1 cm³/mol. The van der Waals surface area contributed by atoms with Crippen LogP contribution in [-0.4, -0.2) is 30.5 Å². The van der Waals surface area contributed by atoms with Crippen LogP contribution in [0.2, 0.25) is 0 Å². The van der Waals surface area contributed by atoms with Crippen LogP contribution in [0.5, 0.6) is 5.75 Å². The fourth-order valence-corrected chi connectivity index (χ4v) is 2.14. The van der Waals surface area contributed by atoms with Gasteiger partial charge in [0.15, 0.2) is 0 Å². The average Bonchev–Trinajstić information content (AvgIpc) is 2.34. The molecule has 1 aromatic carbocycles. The molecule has 0 aromatic heterocycles. The van der Waals surface area contributed by atoms with Gasteiger partial charge in [0.25, 0.3) is 0 Å². The van der Waals surface area contributed by atoms with Crippen LogP contribution in [0.4, 0.5) is 0 Å². The van der Waals surface area contributed by atoms with Crippen LogP contribution in [0.3, 0.4) is 0 Å². The molecule has 0 spiro atoms. The highest BCUT2D eigenvalue weighted by Gasteiger charge is 2.18. The third-order valence-corrected chi connectivity index (χ3v) is 2.90. The highest BCUT2D eigenvalue weighted by atomic mass is 35.5. The first-order valence-electron chi connectivity index (χ1n) is 8.53.